The molecule has 0 spiro atoms. The molecule has 0 heterocycles. The molecule has 6 heteroatoms. The average Bonchev–Trinajstić information content (AvgIpc) is 2.69. The van der Waals surface area contributed by atoms with E-state index >= 15 is 0 Å². The number of halogens is 1. The molecule has 5 nitrogen and oxygen atoms in total. The van der Waals surface area contributed by atoms with Crippen molar-refractivity contribution in [3.05, 3.63) is 65.0 Å². The van der Waals surface area contributed by atoms with Crippen molar-refractivity contribution in [2.24, 2.45) is 0 Å². The fourth-order valence-corrected chi connectivity index (χ4v) is 3.38. The van der Waals surface area contributed by atoms with Crippen LogP contribution in [-0.4, -0.2) is 42.5 Å². The lowest BCUT2D eigenvalue weighted by Crippen LogP contribution is -2.55. The lowest BCUT2D eigenvalue weighted by molar-refractivity contribution is -0.910. The van der Waals surface area contributed by atoms with Crippen LogP contribution in [0.15, 0.2) is 42.5 Å². The fraction of sp³-hybridized carbons (Fsp3) is 0.391. The van der Waals surface area contributed by atoms with Gasteiger partial charge in [-0.25, -0.2) is 9.18 Å². The summed E-state index contributed by atoms with van der Waals surface area (Å²) in [7, 11) is 0. The normalized spacial score (nSPS) is 11.2. The second kappa shape index (κ2) is 10.2. The Morgan fingerprint density at radius 3 is 2.14 bits per heavy atom. The van der Waals surface area contributed by atoms with Crippen LogP contribution in [0.4, 0.5) is 10.1 Å². The summed E-state index contributed by atoms with van der Waals surface area (Å²) >= 11 is 0. The molecule has 1 N–H and O–H groups in total. The SMILES string of the molecule is CC[N+](CC)(CC(=O)Nc1c(C)cc(F)cc1C)CC(=O)OCc1ccccc1. The van der Waals surface area contributed by atoms with Crippen LogP contribution in [0.1, 0.15) is 30.5 Å². The number of hydrogen-bond donors (Lipinski definition) is 1. The number of ether oxygens (including phenoxy) is 1. The Bertz CT molecular complexity index is 825. The van der Waals surface area contributed by atoms with Gasteiger partial charge in [0.2, 0.25) is 0 Å². The molecule has 0 radical (unpaired) electrons. The van der Waals surface area contributed by atoms with Crippen molar-refractivity contribution < 1.29 is 23.2 Å². The summed E-state index contributed by atoms with van der Waals surface area (Å²) in [5, 5.41) is 2.89. The average molecular weight is 402 g/mol. The molecular weight excluding hydrogens is 371 g/mol. The Morgan fingerprint density at radius 2 is 1.59 bits per heavy atom. The molecule has 2 aromatic rings. The zero-order chi connectivity index (χ0) is 21.4. The second-order valence-electron chi connectivity index (χ2n) is 7.40. The number of amides is 1. The summed E-state index contributed by atoms with van der Waals surface area (Å²) in [6, 6.07) is 12.3. The minimum atomic E-state index is -0.334. The van der Waals surface area contributed by atoms with E-state index in [1.165, 1.54) is 12.1 Å². The van der Waals surface area contributed by atoms with E-state index < -0.39 is 0 Å². The van der Waals surface area contributed by atoms with Gasteiger partial charge in [-0.1, -0.05) is 30.3 Å². The predicted molar refractivity (Wildman–Crippen MR) is 112 cm³/mol. The van der Waals surface area contributed by atoms with Crippen molar-refractivity contribution in [2.75, 3.05) is 31.5 Å². The zero-order valence-corrected chi connectivity index (χ0v) is 17.6. The molecule has 29 heavy (non-hydrogen) atoms. The molecule has 2 aromatic carbocycles. The lowest BCUT2D eigenvalue weighted by Gasteiger charge is -2.35. The number of hydrogen-bond acceptors (Lipinski definition) is 3. The highest BCUT2D eigenvalue weighted by Crippen LogP contribution is 2.22. The summed E-state index contributed by atoms with van der Waals surface area (Å²) in [6.07, 6.45) is 0. The second-order valence-corrected chi connectivity index (χ2v) is 7.40. The number of aryl methyl sites for hydroxylation is 2. The summed E-state index contributed by atoms with van der Waals surface area (Å²) in [5.41, 5.74) is 2.88. The van der Waals surface area contributed by atoms with E-state index in [0.717, 1.165) is 5.56 Å². The van der Waals surface area contributed by atoms with Gasteiger partial charge in [-0.15, -0.1) is 0 Å². The van der Waals surface area contributed by atoms with Crippen LogP contribution in [0, 0.1) is 19.7 Å². The monoisotopic (exact) mass is 401 g/mol. The van der Waals surface area contributed by atoms with E-state index in [0.29, 0.717) is 34.4 Å². The Labute approximate surface area is 172 Å². The maximum atomic E-state index is 13.5. The number of rotatable bonds is 9. The van der Waals surface area contributed by atoms with Crippen molar-refractivity contribution in [3.63, 3.8) is 0 Å². The summed E-state index contributed by atoms with van der Waals surface area (Å²) in [4.78, 5) is 25.1. The maximum Gasteiger partial charge on any atom is 0.362 e. The summed E-state index contributed by atoms with van der Waals surface area (Å²) < 4.78 is 19.2. The number of carbonyl (C=O) groups is 2. The molecular formula is C23H30FN2O3+. The van der Waals surface area contributed by atoms with Crippen LogP contribution >= 0.6 is 0 Å². The molecule has 0 aliphatic heterocycles. The van der Waals surface area contributed by atoms with Crippen molar-refractivity contribution >= 4 is 17.6 Å². The first-order valence-corrected chi connectivity index (χ1v) is 9.90. The minimum Gasteiger partial charge on any atom is -0.457 e. The number of carbonyl (C=O) groups excluding carboxylic acids is 2. The van der Waals surface area contributed by atoms with Crippen LogP contribution in [0.5, 0.6) is 0 Å². The molecule has 0 aliphatic carbocycles. The Balaban J connectivity index is 2.01. The largest absolute Gasteiger partial charge is 0.457 e. The topological polar surface area (TPSA) is 55.4 Å². The van der Waals surface area contributed by atoms with Gasteiger partial charge < -0.3 is 14.5 Å². The third-order valence-electron chi connectivity index (χ3n) is 5.29. The molecule has 0 unspecified atom stereocenters. The van der Waals surface area contributed by atoms with Crippen molar-refractivity contribution in [3.8, 4) is 0 Å². The molecule has 0 fully saturated rings. The quantitative estimate of drug-likeness (QED) is 0.511. The molecule has 0 saturated heterocycles. The Morgan fingerprint density at radius 1 is 1.00 bits per heavy atom. The number of quaternary nitrogens is 1. The van der Waals surface area contributed by atoms with Crippen molar-refractivity contribution in [2.45, 2.75) is 34.3 Å². The van der Waals surface area contributed by atoms with Gasteiger partial charge >= 0.3 is 5.97 Å². The van der Waals surface area contributed by atoms with Gasteiger partial charge in [0, 0.05) is 5.69 Å². The smallest absolute Gasteiger partial charge is 0.362 e. The Hall–Kier alpha value is -2.73. The number of benzene rings is 2. The highest BCUT2D eigenvalue weighted by atomic mass is 19.1. The fourth-order valence-electron chi connectivity index (χ4n) is 3.38. The first kappa shape index (κ1) is 22.6. The summed E-state index contributed by atoms with van der Waals surface area (Å²) in [6.45, 7) is 9.14. The molecule has 0 bridgehead atoms. The Kier molecular flexibility index (Phi) is 7.91. The molecule has 2 rings (SSSR count). The van der Waals surface area contributed by atoms with E-state index in [1.807, 2.05) is 44.2 Å². The number of nitrogens with one attached hydrogen (secondary N) is 1. The van der Waals surface area contributed by atoms with Crippen LogP contribution in [0.3, 0.4) is 0 Å². The zero-order valence-electron chi connectivity index (χ0n) is 17.6. The number of likely N-dealkylation sites (N-methyl/N-ethyl adjacent to an activating group) is 1. The third kappa shape index (κ3) is 6.39. The van der Waals surface area contributed by atoms with Crippen molar-refractivity contribution in [1.29, 1.82) is 0 Å². The van der Waals surface area contributed by atoms with E-state index in [4.69, 9.17) is 4.74 Å². The van der Waals surface area contributed by atoms with Gasteiger partial charge in [0.15, 0.2) is 13.1 Å². The predicted octanol–water partition coefficient (Wildman–Crippen LogP) is 3.98. The van der Waals surface area contributed by atoms with E-state index in [9.17, 15) is 14.0 Å². The summed E-state index contributed by atoms with van der Waals surface area (Å²) in [5.74, 6) is -0.867. The minimum absolute atomic E-state index is 0.120. The highest BCUT2D eigenvalue weighted by Gasteiger charge is 2.31. The first-order chi connectivity index (χ1) is 13.8. The van der Waals surface area contributed by atoms with Crippen molar-refractivity contribution in [1.82, 2.24) is 0 Å². The highest BCUT2D eigenvalue weighted by molar-refractivity contribution is 5.93. The van der Waals surface area contributed by atoms with E-state index in [2.05, 4.69) is 5.32 Å². The van der Waals surface area contributed by atoms with Gasteiger partial charge in [0.05, 0.1) is 13.1 Å². The van der Waals surface area contributed by atoms with Gasteiger partial charge in [-0.05, 0) is 56.5 Å². The van der Waals surface area contributed by atoms with Crippen LogP contribution < -0.4 is 5.32 Å². The molecule has 0 aromatic heterocycles. The van der Waals surface area contributed by atoms with Crippen LogP contribution in [0.25, 0.3) is 0 Å². The van der Waals surface area contributed by atoms with Crippen LogP contribution in [0.2, 0.25) is 0 Å². The molecule has 0 aliphatic rings. The van der Waals surface area contributed by atoms with E-state index in [-0.39, 0.29) is 37.4 Å². The lowest BCUT2D eigenvalue weighted by atomic mass is 10.1. The van der Waals surface area contributed by atoms with Gasteiger partial charge in [0.1, 0.15) is 12.4 Å². The maximum absolute atomic E-state index is 13.5. The molecule has 0 saturated carbocycles. The number of nitrogens with zero attached hydrogens (tertiary/aromatic N) is 1. The van der Waals surface area contributed by atoms with Gasteiger partial charge in [0.25, 0.3) is 5.91 Å². The third-order valence-corrected chi connectivity index (χ3v) is 5.29. The number of anilines is 1. The van der Waals surface area contributed by atoms with E-state index in [1.54, 1.807) is 13.8 Å². The van der Waals surface area contributed by atoms with Gasteiger partial charge in [-0.2, -0.15) is 0 Å². The van der Waals surface area contributed by atoms with Gasteiger partial charge in [-0.3, -0.25) is 4.79 Å². The van der Waals surface area contributed by atoms with Crippen LogP contribution in [-0.2, 0) is 20.9 Å². The standard InChI is InChI=1S/C23H29FN2O3/c1-5-26(6-2,15-22(28)29-16-19-10-8-7-9-11-19)14-21(27)25-23-17(3)12-20(24)13-18(23)4/h7-13H,5-6,14-16H2,1-4H3/p+1. The molecule has 156 valence electrons. The number of esters is 1. The molecule has 0 atom stereocenters. The first-order valence-electron chi connectivity index (χ1n) is 9.90. The molecule has 1 amide bonds.